The standard InChI is InChI=1S/C11H11NO.C2H6/c1-2-9-7-6-8-4-3-5-10(13)11(8)12-9;1-2/h3-7,13H,2H2,1H3;1-2H3. The molecule has 0 amide bonds. The maximum Gasteiger partial charge on any atom is 0.141 e. The Kier molecular flexibility index (Phi) is 4.10. The van der Waals surface area contributed by atoms with Gasteiger partial charge >= 0.3 is 0 Å². The summed E-state index contributed by atoms with van der Waals surface area (Å²) in [6, 6.07) is 9.41. The van der Waals surface area contributed by atoms with E-state index in [-0.39, 0.29) is 5.75 Å². The number of rotatable bonds is 1. The highest BCUT2D eigenvalue weighted by atomic mass is 16.3. The maximum absolute atomic E-state index is 9.53. The first-order valence-corrected chi connectivity index (χ1v) is 5.39. The molecule has 80 valence electrons. The van der Waals surface area contributed by atoms with Crippen LogP contribution in [0.15, 0.2) is 30.3 Å². The molecular weight excluding hydrogens is 186 g/mol. The molecule has 1 aromatic heterocycles. The Morgan fingerprint density at radius 2 is 1.87 bits per heavy atom. The normalized spacial score (nSPS) is 9.53. The zero-order valence-corrected chi connectivity index (χ0v) is 9.49. The Bertz CT molecular complexity index is 437. The predicted octanol–water partition coefficient (Wildman–Crippen LogP) is 3.53. The molecule has 0 aliphatic rings. The topological polar surface area (TPSA) is 33.1 Å². The van der Waals surface area contributed by atoms with Crippen molar-refractivity contribution in [1.82, 2.24) is 4.98 Å². The third-order valence-corrected chi connectivity index (χ3v) is 2.12. The number of pyridine rings is 1. The van der Waals surface area contributed by atoms with Gasteiger partial charge in [0.15, 0.2) is 0 Å². The maximum atomic E-state index is 9.53. The molecule has 1 aromatic carbocycles. The molecule has 0 spiro atoms. The summed E-state index contributed by atoms with van der Waals surface area (Å²) in [6.07, 6.45) is 0.893. The van der Waals surface area contributed by atoms with Gasteiger partial charge < -0.3 is 5.11 Å². The van der Waals surface area contributed by atoms with Crippen LogP contribution in [0.4, 0.5) is 0 Å². The Morgan fingerprint density at radius 3 is 2.53 bits per heavy atom. The summed E-state index contributed by atoms with van der Waals surface area (Å²) in [6.45, 7) is 6.05. The van der Waals surface area contributed by atoms with E-state index in [9.17, 15) is 5.11 Å². The molecule has 1 N–H and O–H groups in total. The number of fused-ring (bicyclic) bond motifs is 1. The van der Waals surface area contributed by atoms with Gasteiger partial charge in [-0.15, -0.1) is 0 Å². The van der Waals surface area contributed by atoms with Gasteiger partial charge in [-0.1, -0.05) is 39.0 Å². The summed E-state index contributed by atoms with van der Waals surface area (Å²) in [5, 5.41) is 10.5. The van der Waals surface area contributed by atoms with Gasteiger partial charge in [0, 0.05) is 11.1 Å². The van der Waals surface area contributed by atoms with Crippen molar-refractivity contribution in [3.05, 3.63) is 36.0 Å². The van der Waals surface area contributed by atoms with Gasteiger partial charge in [0.1, 0.15) is 11.3 Å². The summed E-state index contributed by atoms with van der Waals surface area (Å²) >= 11 is 0. The fourth-order valence-electron chi connectivity index (χ4n) is 1.37. The van der Waals surface area contributed by atoms with Gasteiger partial charge in [-0.2, -0.15) is 0 Å². The molecule has 2 nitrogen and oxygen atoms in total. The average Bonchev–Trinajstić information content (AvgIpc) is 2.32. The molecule has 1 heterocycles. The van der Waals surface area contributed by atoms with Crippen molar-refractivity contribution in [2.24, 2.45) is 0 Å². The summed E-state index contributed by atoms with van der Waals surface area (Å²) in [7, 11) is 0. The Hall–Kier alpha value is -1.57. The second-order valence-electron chi connectivity index (χ2n) is 3.01. The summed E-state index contributed by atoms with van der Waals surface area (Å²) in [4.78, 5) is 4.34. The van der Waals surface area contributed by atoms with Crippen LogP contribution in [-0.4, -0.2) is 10.1 Å². The van der Waals surface area contributed by atoms with Crippen LogP contribution in [0.2, 0.25) is 0 Å². The van der Waals surface area contributed by atoms with Gasteiger partial charge in [-0.3, -0.25) is 0 Å². The lowest BCUT2D eigenvalue weighted by Crippen LogP contribution is -1.87. The number of benzene rings is 1. The van der Waals surface area contributed by atoms with Crippen molar-refractivity contribution in [3.63, 3.8) is 0 Å². The third-order valence-electron chi connectivity index (χ3n) is 2.12. The fraction of sp³-hybridized carbons (Fsp3) is 0.308. The number of phenols is 1. The van der Waals surface area contributed by atoms with Gasteiger partial charge in [-0.05, 0) is 18.6 Å². The highest BCUT2D eigenvalue weighted by molar-refractivity contribution is 5.84. The van der Waals surface area contributed by atoms with Crippen LogP contribution in [0.1, 0.15) is 26.5 Å². The summed E-state index contributed by atoms with van der Waals surface area (Å²) in [5.41, 5.74) is 1.70. The first kappa shape index (κ1) is 11.5. The quantitative estimate of drug-likeness (QED) is 0.769. The van der Waals surface area contributed by atoms with Crippen LogP contribution < -0.4 is 0 Å². The van der Waals surface area contributed by atoms with E-state index in [4.69, 9.17) is 0 Å². The minimum absolute atomic E-state index is 0.257. The van der Waals surface area contributed by atoms with Crippen LogP contribution in [0.25, 0.3) is 10.9 Å². The number of aromatic hydroxyl groups is 1. The summed E-state index contributed by atoms with van der Waals surface area (Å²) < 4.78 is 0. The van der Waals surface area contributed by atoms with E-state index in [1.165, 1.54) is 0 Å². The minimum Gasteiger partial charge on any atom is -0.506 e. The number of nitrogens with zero attached hydrogens (tertiary/aromatic N) is 1. The molecule has 0 atom stereocenters. The van der Waals surface area contributed by atoms with E-state index in [1.807, 2.05) is 45.0 Å². The Balaban J connectivity index is 0.000000531. The SMILES string of the molecule is CC.CCc1ccc2cccc(O)c2n1. The average molecular weight is 203 g/mol. The number of aryl methyl sites for hydroxylation is 1. The van der Waals surface area contributed by atoms with Gasteiger partial charge in [0.2, 0.25) is 0 Å². The van der Waals surface area contributed by atoms with E-state index in [1.54, 1.807) is 6.07 Å². The molecule has 2 aromatic rings. The van der Waals surface area contributed by atoms with Crippen molar-refractivity contribution in [2.45, 2.75) is 27.2 Å². The zero-order chi connectivity index (χ0) is 11.3. The molecule has 0 bridgehead atoms. The largest absolute Gasteiger partial charge is 0.506 e. The lowest BCUT2D eigenvalue weighted by Gasteiger charge is -2.01. The molecular formula is C13H17NO. The highest BCUT2D eigenvalue weighted by Crippen LogP contribution is 2.22. The van der Waals surface area contributed by atoms with Crippen LogP contribution >= 0.6 is 0 Å². The fourth-order valence-corrected chi connectivity index (χ4v) is 1.37. The van der Waals surface area contributed by atoms with Crippen LogP contribution in [0.3, 0.4) is 0 Å². The first-order valence-electron chi connectivity index (χ1n) is 5.39. The van der Waals surface area contributed by atoms with Gasteiger partial charge in [0.05, 0.1) is 0 Å². The highest BCUT2D eigenvalue weighted by Gasteiger charge is 2.00. The van der Waals surface area contributed by atoms with Crippen molar-refractivity contribution >= 4 is 10.9 Å². The first-order chi connectivity index (χ1) is 7.31. The Labute approximate surface area is 90.6 Å². The molecule has 2 heteroatoms. The van der Waals surface area contributed by atoms with E-state index < -0.39 is 0 Å². The van der Waals surface area contributed by atoms with Crippen LogP contribution in [-0.2, 0) is 6.42 Å². The predicted molar refractivity (Wildman–Crippen MR) is 64.1 cm³/mol. The number of hydrogen-bond donors (Lipinski definition) is 1. The molecule has 0 aliphatic carbocycles. The zero-order valence-electron chi connectivity index (χ0n) is 9.49. The summed E-state index contributed by atoms with van der Waals surface area (Å²) in [5.74, 6) is 0.257. The second-order valence-corrected chi connectivity index (χ2v) is 3.01. The van der Waals surface area contributed by atoms with E-state index in [2.05, 4.69) is 4.98 Å². The molecule has 0 saturated heterocycles. The smallest absolute Gasteiger partial charge is 0.141 e. The molecule has 0 aliphatic heterocycles. The van der Waals surface area contributed by atoms with Gasteiger partial charge in [0.25, 0.3) is 0 Å². The van der Waals surface area contributed by atoms with Gasteiger partial charge in [-0.25, -0.2) is 4.98 Å². The van der Waals surface area contributed by atoms with Crippen molar-refractivity contribution < 1.29 is 5.11 Å². The molecule has 0 radical (unpaired) electrons. The monoisotopic (exact) mass is 203 g/mol. The van der Waals surface area contributed by atoms with Crippen molar-refractivity contribution in [1.29, 1.82) is 0 Å². The van der Waals surface area contributed by atoms with Crippen LogP contribution in [0, 0.1) is 0 Å². The third kappa shape index (κ3) is 2.46. The lowest BCUT2D eigenvalue weighted by atomic mass is 10.2. The second kappa shape index (κ2) is 5.35. The lowest BCUT2D eigenvalue weighted by molar-refractivity contribution is 0.480. The van der Waals surface area contributed by atoms with Crippen molar-refractivity contribution in [3.8, 4) is 5.75 Å². The van der Waals surface area contributed by atoms with Crippen LogP contribution in [0.5, 0.6) is 5.75 Å². The number of para-hydroxylation sites is 1. The van der Waals surface area contributed by atoms with Crippen molar-refractivity contribution in [2.75, 3.05) is 0 Å². The molecule has 0 fully saturated rings. The molecule has 0 saturated carbocycles. The molecule has 15 heavy (non-hydrogen) atoms. The number of hydrogen-bond acceptors (Lipinski definition) is 2. The van der Waals surface area contributed by atoms with E-state index in [0.717, 1.165) is 17.5 Å². The minimum atomic E-state index is 0.257. The Morgan fingerprint density at radius 1 is 1.13 bits per heavy atom. The number of phenolic OH excluding ortho intramolecular Hbond substituents is 1. The number of aromatic nitrogens is 1. The van der Waals surface area contributed by atoms with E-state index >= 15 is 0 Å². The van der Waals surface area contributed by atoms with E-state index in [0.29, 0.717) is 5.52 Å². The molecule has 0 unspecified atom stereocenters. The molecule has 2 rings (SSSR count).